The lowest BCUT2D eigenvalue weighted by Gasteiger charge is -2.33. The summed E-state index contributed by atoms with van der Waals surface area (Å²) in [5.41, 5.74) is 0.685. The van der Waals surface area contributed by atoms with Crippen molar-refractivity contribution < 1.29 is 9.53 Å². The van der Waals surface area contributed by atoms with Crippen molar-refractivity contribution in [1.82, 2.24) is 4.98 Å². The number of pyridine rings is 1. The Kier molecular flexibility index (Phi) is 4.76. The summed E-state index contributed by atoms with van der Waals surface area (Å²) >= 11 is 5.92. The third kappa shape index (κ3) is 3.51. The summed E-state index contributed by atoms with van der Waals surface area (Å²) in [6.07, 6.45) is 4.76. The van der Waals surface area contributed by atoms with E-state index in [0.29, 0.717) is 10.6 Å². The zero-order valence-corrected chi connectivity index (χ0v) is 15.0. The van der Waals surface area contributed by atoms with Crippen LogP contribution in [0.1, 0.15) is 23.2 Å². The number of halogens is 1. The molecule has 1 fully saturated rings. The molecule has 0 unspecified atom stereocenters. The van der Waals surface area contributed by atoms with Crippen molar-refractivity contribution in [3.63, 3.8) is 0 Å². The highest BCUT2D eigenvalue weighted by Gasteiger charge is 2.22. The SMILES string of the molecule is O=Cc1ccc2c(N3CCC(Oc4ccc(Cl)cc4)CC3)nccc2c1. The second kappa shape index (κ2) is 7.34. The van der Waals surface area contributed by atoms with Crippen LogP contribution in [0.15, 0.2) is 54.7 Å². The first-order valence-corrected chi connectivity index (χ1v) is 9.12. The third-order valence-corrected chi connectivity index (χ3v) is 5.01. The van der Waals surface area contributed by atoms with E-state index in [1.54, 1.807) is 0 Å². The maximum Gasteiger partial charge on any atom is 0.150 e. The van der Waals surface area contributed by atoms with Crippen LogP contribution < -0.4 is 9.64 Å². The minimum Gasteiger partial charge on any atom is -0.490 e. The predicted octanol–water partition coefficient (Wildman–Crippen LogP) is 4.75. The van der Waals surface area contributed by atoms with Crippen molar-refractivity contribution in [1.29, 1.82) is 0 Å². The summed E-state index contributed by atoms with van der Waals surface area (Å²) in [4.78, 5) is 17.9. The van der Waals surface area contributed by atoms with E-state index in [-0.39, 0.29) is 6.10 Å². The molecule has 2 aromatic carbocycles. The number of rotatable bonds is 4. The first kappa shape index (κ1) is 16.9. The lowest BCUT2D eigenvalue weighted by Crippen LogP contribution is -2.38. The molecule has 1 aliphatic heterocycles. The summed E-state index contributed by atoms with van der Waals surface area (Å²) in [6, 6.07) is 15.2. The summed E-state index contributed by atoms with van der Waals surface area (Å²) < 4.78 is 6.07. The molecule has 1 aliphatic rings. The molecule has 0 N–H and O–H groups in total. The molecule has 3 aromatic rings. The van der Waals surface area contributed by atoms with Gasteiger partial charge < -0.3 is 9.64 Å². The summed E-state index contributed by atoms with van der Waals surface area (Å²) in [5.74, 6) is 1.84. The van der Waals surface area contributed by atoms with Crippen molar-refractivity contribution in [2.45, 2.75) is 18.9 Å². The number of benzene rings is 2. The molecular weight excluding hydrogens is 348 g/mol. The van der Waals surface area contributed by atoms with Crippen LogP contribution in [0.5, 0.6) is 5.75 Å². The van der Waals surface area contributed by atoms with E-state index in [4.69, 9.17) is 16.3 Å². The molecular formula is C21H19ClN2O2. The van der Waals surface area contributed by atoms with Gasteiger partial charge >= 0.3 is 0 Å². The maximum absolute atomic E-state index is 11.0. The van der Waals surface area contributed by atoms with Gasteiger partial charge in [0.25, 0.3) is 0 Å². The maximum atomic E-state index is 11.0. The van der Waals surface area contributed by atoms with Gasteiger partial charge in [-0.25, -0.2) is 4.98 Å². The highest BCUT2D eigenvalue weighted by molar-refractivity contribution is 6.30. The van der Waals surface area contributed by atoms with Crippen LogP contribution >= 0.6 is 11.6 Å². The van der Waals surface area contributed by atoms with E-state index in [1.807, 2.05) is 54.7 Å². The van der Waals surface area contributed by atoms with Crippen LogP contribution in [0.4, 0.5) is 5.82 Å². The molecule has 0 radical (unpaired) electrons. The zero-order chi connectivity index (χ0) is 17.9. The number of ether oxygens (including phenoxy) is 1. The Balaban J connectivity index is 1.47. The topological polar surface area (TPSA) is 42.4 Å². The van der Waals surface area contributed by atoms with E-state index < -0.39 is 0 Å². The molecule has 0 atom stereocenters. The molecule has 0 aliphatic carbocycles. The molecule has 0 saturated carbocycles. The van der Waals surface area contributed by atoms with Gasteiger partial charge in [-0.05, 0) is 47.9 Å². The van der Waals surface area contributed by atoms with Crippen LogP contribution in [0.3, 0.4) is 0 Å². The molecule has 132 valence electrons. The van der Waals surface area contributed by atoms with Gasteiger partial charge in [-0.15, -0.1) is 0 Å². The molecule has 0 amide bonds. The largest absolute Gasteiger partial charge is 0.490 e. The molecule has 26 heavy (non-hydrogen) atoms. The van der Waals surface area contributed by atoms with Crippen LogP contribution in [0.25, 0.3) is 10.8 Å². The second-order valence-corrected chi connectivity index (χ2v) is 6.93. The van der Waals surface area contributed by atoms with E-state index >= 15 is 0 Å². The van der Waals surface area contributed by atoms with E-state index in [9.17, 15) is 4.79 Å². The monoisotopic (exact) mass is 366 g/mol. The Morgan fingerprint density at radius 1 is 1.08 bits per heavy atom. The van der Waals surface area contributed by atoms with Gasteiger partial charge in [0, 0.05) is 48.1 Å². The number of carbonyl (C=O) groups excluding carboxylic acids is 1. The molecule has 0 bridgehead atoms. The Labute approximate surface area is 157 Å². The Bertz CT molecular complexity index is 919. The van der Waals surface area contributed by atoms with Crippen LogP contribution in [-0.2, 0) is 0 Å². The normalized spacial score (nSPS) is 15.2. The molecule has 4 nitrogen and oxygen atoms in total. The lowest BCUT2D eigenvalue weighted by molar-refractivity contribution is 0.112. The first-order chi connectivity index (χ1) is 12.7. The summed E-state index contributed by atoms with van der Waals surface area (Å²) in [5, 5.41) is 2.83. The number of hydrogen-bond acceptors (Lipinski definition) is 4. The van der Waals surface area contributed by atoms with Gasteiger partial charge in [0.2, 0.25) is 0 Å². The number of anilines is 1. The Morgan fingerprint density at radius 2 is 1.85 bits per heavy atom. The third-order valence-electron chi connectivity index (χ3n) is 4.76. The first-order valence-electron chi connectivity index (χ1n) is 8.74. The number of hydrogen-bond donors (Lipinski definition) is 0. The number of carbonyl (C=O) groups is 1. The average molecular weight is 367 g/mol. The quantitative estimate of drug-likeness (QED) is 0.625. The van der Waals surface area contributed by atoms with E-state index in [1.165, 1.54) is 0 Å². The Morgan fingerprint density at radius 3 is 2.58 bits per heavy atom. The fourth-order valence-corrected chi connectivity index (χ4v) is 3.52. The summed E-state index contributed by atoms with van der Waals surface area (Å²) in [6.45, 7) is 1.78. The van der Waals surface area contributed by atoms with E-state index in [2.05, 4.69) is 9.88 Å². The molecule has 1 saturated heterocycles. The van der Waals surface area contributed by atoms with Gasteiger partial charge in [0.15, 0.2) is 0 Å². The molecule has 2 heterocycles. The van der Waals surface area contributed by atoms with Crippen LogP contribution in [0.2, 0.25) is 5.02 Å². The number of nitrogens with zero attached hydrogens (tertiary/aromatic N) is 2. The van der Waals surface area contributed by atoms with Crippen LogP contribution in [-0.4, -0.2) is 30.5 Å². The minimum absolute atomic E-state index is 0.198. The molecule has 1 aromatic heterocycles. The van der Waals surface area contributed by atoms with Gasteiger partial charge in [-0.3, -0.25) is 4.79 Å². The Hall–Kier alpha value is -2.59. The van der Waals surface area contributed by atoms with Gasteiger partial charge in [-0.2, -0.15) is 0 Å². The highest BCUT2D eigenvalue weighted by atomic mass is 35.5. The predicted molar refractivity (Wildman–Crippen MR) is 104 cm³/mol. The van der Waals surface area contributed by atoms with Gasteiger partial charge in [0.05, 0.1) is 0 Å². The highest BCUT2D eigenvalue weighted by Crippen LogP contribution is 2.28. The summed E-state index contributed by atoms with van der Waals surface area (Å²) in [7, 11) is 0. The van der Waals surface area contributed by atoms with Gasteiger partial charge in [0.1, 0.15) is 24.0 Å². The lowest BCUT2D eigenvalue weighted by atomic mass is 10.1. The van der Waals surface area contributed by atoms with Crippen molar-refractivity contribution >= 4 is 34.5 Å². The van der Waals surface area contributed by atoms with Gasteiger partial charge in [-0.1, -0.05) is 17.7 Å². The number of aromatic nitrogens is 1. The molecule has 4 rings (SSSR count). The number of aldehydes is 1. The average Bonchev–Trinajstić information content (AvgIpc) is 2.69. The standard InChI is InChI=1S/C21H19ClN2O2/c22-17-2-4-18(5-3-17)26-19-8-11-24(12-9-19)21-20-6-1-15(14-25)13-16(20)7-10-23-21/h1-7,10,13-14,19H,8-9,11-12H2. The molecule has 5 heteroatoms. The number of fused-ring (bicyclic) bond motifs is 1. The van der Waals surface area contributed by atoms with Crippen molar-refractivity contribution in [3.8, 4) is 5.75 Å². The minimum atomic E-state index is 0.198. The second-order valence-electron chi connectivity index (χ2n) is 6.49. The van der Waals surface area contributed by atoms with Crippen molar-refractivity contribution in [2.75, 3.05) is 18.0 Å². The number of piperidine rings is 1. The fraction of sp³-hybridized carbons (Fsp3) is 0.238. The van der Waals surface area contributed by atoms with Crippen molar-refractivity contribution in [3.05, 3.63) is 65.3 Å². The zero-order valence-electron chi connectivity index (χ0n) is 14.3. The van der Waals surface area contributed by atoms with Crippen molar-refractivity contribution in [2.24, 2.45) is 0 Å². The van der Waals surface area contributed by atoms with Crippen LogP contribution in [0, 0.1) is 0 Å². The fourth-order valence-electron chi connectivity index (χ4n) is 3.40. The smallest absolute Gasteiger partial charge is 0.150 e. The molecule has 0 spiro atoms. The van der Waals surface area contributed by atoms with E-state index in [0.717, 1.165) is 54.6 Å².